The van der Waals surface area contributed by atoms with Crippen molar-refractivity contribution >= 4 is 34.8 Å². The molecule has 0 radical (unpaired) electrons. The topological polar surface area (TPSA) is 72.7 Å². The van der Waals surface area contributed by atoms with Gasteiger partial charge in [0.05, 0.1) is 16.9 Å². The molecule has 0 N–H and O–H groups in total. The first-order valence-electron chi connectivity index (χ1n) is 5.69. The van der Waals surface area contributed by atoms with E-state index in [1.165, 1.54) is 37.3 Å². The van der Waals surface area contributed by atoms with Crippen molar-refractivity contribution in [2.24, 2.45) is 0 Å². The standard InChI is InChI=1S/C12H14Cl2N2O4/c1-15(6-9(14)7-20-2)12(17)10-5-8(13)3-4-11(10)16(18)19/h3-5,9H,6-7H2,1-2H3. The summed E-state index contributed by atoms with van der Waals surface area (Å²) in [7, 11) is 3.01. The zero-order valence-electron chi connectivity index (χ0n) is 11.0. The maximum atomic E-state index is 12.2. The van der Waals surface area contributed by atoms with Crippen LogP contribution in [0.25, 0.3) is 0 Å². The largest absolute Gasteiger partial charge is 0.383 e. The molecular formula is C12H14Cl2N2O4. The molecule has 1 aromatic rings. The quantitative estimate of drug-likeness (QED) is 0.458. The van der Waals surface area contributed by atoms with Crippen molar-refractivity contribution in [2.45, 2.75) is 5.38 Å². The fraction of sp³-hybridized carbons (Fsp3) is 0.417. The van der Waals surface area contributed by atoms with Crippen LogP contribution >= 0.6 is 23.2 Å². The Kier molecular flexibility index (Phi) is 6.19. The Bertz CT molecular complexity index is 510. The molecule has 0 fully saturated rings. The summed E-state index contributed by atoms with van der Waals surface area (Å²) in [5.41, 5.74) is -0.351. The number of ether oxygens (including phenoxy) is 1. The van der Waals surface area contributed by atoms with Gasteiger partial charge in [0.25, 0.3) is 11.6 Å². The van der Waals surface area contributed by atoms with Crippen LogP contribution in [0.5, 0.6) is 0 Å². The van der Waals surface area contributed by atoms with Crippen LogP contribution in [0.1, 0.15) is 10.4 Å². The van der Waals surface area contributed by atoms with E-state index in [4.69, 9.17) is 27.9 Å². The van der Waals surface area contributed by atoms with E-state index >= 15 is 0 Å². The van der Waals surface area contributed by atoms with Crippen LogP contribution in [-0.4, -0.2) is 48.4 Å². The zero-order chi connectivity index (χ0) is 15.3. The number of carbonyl (C=O) groups excluding carboxylic acids is 1. The van der Waals surface area contributed by atoms with E-state index in [0.717, 1.165) is 0 Å². The third-order valence-corrected chi connectivity index (χ3v) is 3.05. The lowest BCUT2D eigenvalue weighted by Gasteiger charge is -2.20. The van der Waals surface area contributed by atoms with E-state index in [-0.39, 0.29) is 29.4 Å². The molecule has 6 nitrogen and oxygen atoms in total. The van der Waals surface area contributed by atoms with Crippen molar-refractivity contribution in [3.8, 4) is 0 Å². The zero-order valence-corrected chi connectivity index (χ0v) is 12.5. The predicted octanol–water partition coefficient (Wildman–Crippen LogP) is 2.57. The maximum Gasteiger partial charge on any atom is 0.282 e. The van der Waals surface area contributed by atoms with Crippen molar-refractivity contribution in [3.63, 3.8) is 0 Å². The van der Waals surface area contributed by atoms with Crippen molar-refractivity contribution in [1.29, 1.82) is 0 Å². The Balaban J connectivity index is 2.96. The lowest BCUT2D eigenvalue weighted by molar-refractivity contribution is -0.385. The first kappa shape index (κ1) is 16.7. The third kappa shape index (κ3) is 4.33. The predicted molar refractivity (Wildman–Crippen MR) is 76.6 cm³/mol. The van der Waals surface area contributed by atoms with Gasteiger partial charge < -0.3 is 9.64 Å². The van der Waals surface area contributed by atoms with Gasteiger partial charge in [0.15, 0.2) is 0 Å². The number of benzene rings is 1. The van der Waals surface area contributed by atoms with Gasteiger partial charge in [-0.05, 0) is 12.1 Å². The second kappa shape index (κ2) is 7.42. The van der Waals surface area contributed by atoms with Crippen molar-refractivity contribution in [1.82, 2.24) is 4.90 Å². The first-order valence-corrected chi connectivity index (χ1v) is 6.50. The molecule has 0 aliphatic heterocycles. The molecule has 0 bridgehead atoms. The molecule has 0 saturated heterocycles. The molecule has 1 atom stereocenters. The average molecular weight is 321 g/mol. The molecule has 1 rings (SSSR count). The molecule has 8 heteroatoms. The van der Waals surface area contributed by atoms with Crippen molar-refractivity contribution < 1.29 is 14.5 Å². The SMILES string of the molecule is COCC(Cl)CN(C)C(=O)c1cc(Cl)ccc1[N+](=O)[O-]. The minimum atomic E-state index is -0.620. The Morgan fingerprint density at radius 1 is 1.55 bits per heavy atom. The highest BCUT2D eigenvalue weighted by molar-refractivity contribution is 6.31. The average Bonchev–Trinajstić information content (AvgIpc) is 2.37. The summed E-state index contributed by atoms with van der Waals surface area (Å²) < 4.78 is 4.87. The van der Waals surface area contributed by atoms with E-state index in [1.54, 1.807) is 0 Å². The highest BCUT2D eigenvalue weighted by atomic mass is 35.5. The second-order valence-corrected chi connectivity index (χ2v) is 5.21. The summed E-state index contributed by atoms with van der Waals surface area (Å²) in [6.45, 7) is 0.481. The summed E-state index contributed by atoms with van der Waals surface area (Å²) in [6.07, 6.45) is 0. The van der Waals surface area contributed by atoms with E-state index in [0.29, 0.717) is 0 Å². The second-order valence-electron chi connectivity index (χ2n) is 4.16. The molecule has 0 aromatic heterocycles. The number of amides is 1. The molecule has 1 unspecified atom stereocenters. The third-order valence-electron chi connectivity index (χ3n) is 2.55. The van der Waals surface area contributed by atoms with Crippen LogP contribution in [0.3, 0.4) is 0 Å². The Morgan fingerprint density at radius 2 is 2.20 bits per heavy atom. The van der Waals surface area contributed by atoms with Gasteiger partial charge in [-0.25, -0.2) is 0 Å². The van der Waals surface area contributed by atoms with Gasteiger partial charge >= 0.3 is 0 Å². The number of halogens is 2. The first-order chi connectivity index (χ1) is 9.36. The van der Waals surface area contributed by atoms with Crippen molar-refractivity contribution in [3.05, 3.63) is 38.9 Å². The number of hydrogen-bond acceptors (Lipinski definition) is 4. The molecule has 0 aliphatic rings. The van der Waals surface area contributed by atoms with Crippen LogP contribution in [0.4, 0.5) is 5.69 Å². The Hall–Kier alpha value is -1.37. The summed E-state index contributed by atoms with van der Waals surface area (Å²) in [6, 6.07) is 3.85. The summed E-state index contributed by atoms with van der Waals surface area (Å²) in [4.78, 5) is 23.8. The van der Waals surface area contributed by atoms with Crippen molar-refractivity contribution in [2.75, 3.05) is 27.3 Å². The lowest BCUT2D eigenvalue weighted by atomic mass is 10.1. The molecule has 0 heterocycles. The van der Waals surface area contributed by atoms with E-state index in [2.05, 4.69) is 0 Å². The van der Waals surface area contributed by atoms with Gasteiger partial charge in [-0.3, -0.25) is 14.9 Å². The van der Waals surface area contributed by atoms with Gasteiger partial charge in [0.2, 0.25) is 0 Å². The number of nitro groups is 1. The molecule has 0 saturated carbocycles. The van der Waals surface area contributed by atoms with Crippen LogP contribution in [0, 0.1) is 10.1 Å². The molecular weight excluding hydrogens is 307 g/mol. The molecule has 1 aromatic carbocycles. The van der Waals surface area contributed by atoms with Crippen LogP contribution in [0.2, 0.25) is 5.02 Å². The highest BCUT2D eigenvalue weighted by Crippen LogP contribution is 2.24. The summed E-state index contributed by atoms with van der Waals surface area (Å²) in [5.74, 6) is -0.513. The number of rotatable bonds is 6. The number of nitro benzene ring substituents is 1. The summed E-state index contributed by atoms with van der Waals surface area (Å²) >= 11 is 11.7. The number of hydrogen-bond donors (Lipinski definition) is 0. The van der Waals surface area contributed by atoms with E-state index in [9.17, 15) is 14.9 Å². The Morgan fingerprint density at radius 3 is 2.75 bits per heavy atom. The number of methoxy groups -OCH3 is 1. The van der Waals surface area contributed by atoms with Gasteiger partial charge in [-0.1, -0.05) is 11.6 Å². The number of nitrogens with zero attached hydrogens (tertiary/aromatic N) is 2. The van der Waals surface area contributed by atoms with Gasteiger partial charge in [0, 0.05) is 31.8 Å². The monoisotopic (exact) mass is 320 g/mol. The lowest BCUT2D eigenvalue weighted by Crippen LogP contribution is -2.34. The fourth-order valence-electron chi connectivity index (χ4n) is 1.66. The molecule has 0 spiro atoms. The number of carbonyl (C=O) groups is 1. The fourth-order valence-corrected chi connectivity index (χ4v) is 2.16. The maximum absolute atomic E-state index is 12.2. The highest BCUT2D eigenvalue weighted by Gasteiger charge is 2.24. The van der Waals surface area contributed by atoms with E-state index in [1.807, 2.05) is 0 Å². The summed E-state index contributed by atoms with van der Waals surface area (Å²) in [5, 5.41) is 10.8. The van der Waals surface area contributed by atoms with Gasteiger partial charge in [-0.2, -0.15) is 0 Å². The smallest absolute Gasteiger partial charge is 0.282 e. The minimum Gasteiger partial charge on any atom is -0.383 e. The number of alkyl halides is 1. The normalized spacial score (nSPS) is 12.0. The molecule has 20 heavy (non-hydrogen) atoms. The molecule has 0 aliphatic carbocycles. The van der Waals surface area contributed by atoms with E-state index < -0.39 is 16.2 Å². The molecule has 1 amide bonds. The molecule has 110 valence electrons. The van der Waals surface area contributed by atoms with Crippen LogP contribution in [0.15, 0.2) is 18.2 Å². The van der Waals surface area contributed by atoms with Crippen LogP contribution in [-0.2, 0) is 4.74 Å². The van der Waals surface area contributed by atoms with Crippen LogP contribution < -0.4 is 0 Å². The van der Waals surface area contributed by atoms with Gasteiger partial charge in [0.1, 0.15) is 5.56 Å². The Labute approximate surface area is 126 Å². The minimum absolute atomic E-state index is 0.0636. The van der Waals surface area contributed by atoms with Gasteiger partial charge in [-0.15, -0.1) is 11.6 Å².